The maximum Gasteiger partial charge on any atom is 0.413 e. The monoisotopic (exact) mass is 288 g/mol. The van der Waals surface area contributed by atoms with Gasteiger partial charge in [0.2, 0.25) is 0 Å². The van der Waals surface area contributed by atoms with Gasteiger partial charge in [-0.1, -0.05) is 0 Å². The Labute approximate surface area is 124 Å². The number of rotatable bonds is 2. The molecule has 21 heavy (non-hydrogen) atoms. The molecule has 2 heterocycles. The van der Waals surface area contributed by atoms with E-state index in [1.54, 1.807) is 12.3 Å². The molecule has 6 nitrogen and oxygen atoms in total. The second kappa shape index (κ2) is 5.55. The van der Waals surface area contributed by atoms with Crippen molar-refractivity contribution < 1.29 is 9.53 Å². The third kappa shape index (κ3) is 3.81. The first-order valence-corrected chi connectivity index (χ1v) is 6.75. The van der Waals surface area contributed by atoms with Crippen molar-refractivity contribution in [1.29, 1.82) is 0 Å². The predicted molar refractivity (Wildman–Crippen MR) is 81.1 cm³/mol. The van der Waals surface area contributed by atoms with E-state index in [9.17, 15) is 4.79 Å². The number of H-pyrrole nitrogens is 1. The van der Waals surface area contributed by atoms with Crippen LogP contribution in [0.15, 0.2) is 18.3 Å². The number of aromatic amines is 1. The number of nitrogens with one attached hydrogen (secondary N) is 2. The standard InChI is InChI=1S/C15H20N4O2/c1-9-10(2)18-13(17-9)11-7-6-8-16-12(11)19-14(20)21-15(3,4)5/h6-8H,1-5H3,(H,17,18)(H,16,19,20). The van der Waals surface area contributed by atoms with Gasteiger partial charge in [0.05, 0.1) is 11.3 Å². The minimum absolute atomic E-state index is 0.417. The maximum absolute atomic E-state index is 11.9. The summed E-state index contributed by atoms with van der Waals surface area (Å²) in [5, 5.41) is 2.66. The Hall–Kier alpha value is -2.37. The summed E-state index contributed by atoms with van der Waals surface area (Å²) < 4.78 is 5.24. The van der Waals surface area contributed by atoms with Gasteiger partial charge in [-0.25, -0.2) is 14.8 Å². The number of hydrogen-bond acceptors (Lipinski definition) is 4. The van der Waals surface area contributed by atoms with Gasteiger partial charge in [0.15, 0.2) is 0 Å². The summed E-state index contributed by atoms with van der Waals surface area (Å²) >= 11 is 0. The highest BCUT2D eigenvalue weighted by atomic mass is 16.6. The molecule has 0 bridgehead atoms. The SMILES string of the molecule is Cc1nc(-c2cccnc2NC(=O)OC(C)(C)C)[nH]c1C. The molecule has 0 spiro atoms. The first-order valence-electron chi connectivity index (χ1n) is 6.75. The normalized spacial score (nSPS) is 11.3. The van der Waals surface area contributed by atoms with Crippen LogP contribution < -0.4 is 5.32 Å². The van der Waals surface area contributed by atoms with Crippen LogP contribution in [0.4, 0.5) is 10.6 Å². The third-order valence-electron chi connectivity index (χ3n) is 2.81. The molecule has 2 rings (SSSR count). The highest BCUT2D eigenvalue weighted by molar-refractivity contribution is 5.88. The van der Waals surface area contributed by atoms with Crippen LogP contribution in [0.1, 0.15) is 32.2 Å². The van der Waals surface area contributed by atoms with Crippen LogP contribution in [0.5, 0.6) is 0 Å². The molecule has 0 aliphatic rings. The van der Waals surface area contributed by atoms with E-state index in [1.807, 2.05) is 40.7 Å². The van der Waals surface area contributed by atoms with Crippen LogP contribution >= 0.6 is 0 Å². The molecule has 0 aliphatic carbocycles. The van der Waals surface area contributed by atoms with Gasteiger partial charge >= 0.3 is 6.09 Å². The summed E-state index contributed by atoms with van der Waals surface area (Å²) in [5.41, 5.74) is 2.06. The minimum atomic E-state index is -0.559. The molecule has 0 aliphatic heterocycles. The van der Waals surface area contributed by atoms with Gasteiger partial charge in [0.25, 0.3) is 0 Å². The van der Waals surface area contributed by atoms with Crippen molar-refractivity contribution in [2.24, 2.45) is 0 Å². The summed E-state index contributed by atoms with van der Waals surface area (Å²) in [5.74, 6) is 1.09. The molecule has 0 aromatic carbocycles. The first kappa shape index (κ1) is 15.0. The Bertz CT molecular complexity index is 636. The Morgan fingerprint density at radius 3 is 2.62 bits per heavy atom. The quantitative estimate of drug-likeness (QED) is 0.887. The van der Waals surface area contributed by atoms with Crippen molar-refractivity contribution in [3.63, 3.8) is 0 Å². The van der Waals surface area contributed by atoms with Crippen LogP contribution in [0.2, 0.25) is 0 Å². The van der Waals surface area contributed by atoms with Gasteiger partial charge in [-0.05, 0) is 46.8 Å². The van der Waals surface area contributed by atoms with Crippen LogP contribution in [-0.4, -0.2) is 26.6 Å². The summed E-state index contributed by atoms with van der Waals surface area (Å²) in [6.45, 7) is 9.30. The van der Waals surface area contributed by atoms with Gasteiger partial charge in [-0.3, -0.25) is 5.32 Å². The summed E-state index contributed by atoms with van der Waals surface area (Å²) in [6.07, 6.45) is 1.07. The van der Waals surface area contributed by atoms with Crippen molar-refractivity contribution in [1.82, 2.24) is 15.0 Å². The van der Waals surface area contributed by atoms with Crippen molar-refractivity contribution in [2.45, 2.75) is 40.2 Å². The van der Waals surface area contributed by atoms with E-state index < -0.39 is 11.7 Å². The number of imidazole rings is 1. The number of ether oxygens (including phenoxy) is 1. The molecule has 2 aromatic rings. The van der Waals surface area contributed by atoms with E-state index in [1.165, 1.54) is 0 Å². The molecule has 0 saturated heterocycles. The van der Waals surface area contributed by atoms with E-state index in [0.717, 1.165) is 17.0 Å². The van der Waals surface area contributed by atoms with Gasteiger partial charge in [0.1, 0.15) is 17.2 Å². The molecular weight excluding hydrogens is 268 g/mol. The number of pyridine rings is 1. The lowest BCUT2D eigenvalue weighted by Crippen LogP contribution is -2.27. The van der Waals surface area contributed by atoms with Crippen LogP contribution in [0.25, 0.3) is 11.4 Å². The number of nitrogens with zero attached hydrogens (tertiary/aromatic N) is 2. The van der Waals surface area contributed by atoms with Gasteiger partial charge < -0.3 is 9.72 Å². The summed E-state index contributed by atoms with van der Waals surface area (Å²) in [7, 11) is 0. The fourth-order valence-electron chi connectivity index (χ4n) is 1.77. The Balaban J connectivity index is 2.27. The van der Waals surface area contributed by atoms with Crippen molar-refractivity contribution >= 4 is 11.9 Å². The molecule has 112 valence electrons. The average Bonchev–Trinajstić information content (AvgIpc) is 2.67. The van der Waals surface area contributed by atoms with Crippen LogP contribution in [0, 0.1) is 13.8 Å². The van der Waals surface area contributed by atoms with Crippen molar-refractivity contribution in [3.05, 3.63) is 29.7 Å². The Morgan fingerprint density at radius 1 is 1.33 bits per heavy atom. The molecule has 0 atom stereocenters. The van der Waals surface area contributed by atoms with E-state index in [0.29, 0.717) is 11.6 Å². The van der Waals surface area contributed by atoms with Crippen molar-refractivity contribution in [3.8, 4) is 11.4 Å². The number of carbonyl (C=O) groups is 1. The number of aromatic nitrogens is 3. The average molecular weight is 288 g/mol. The fourth-order valence-corrected chi connectivity index (χ4v) is 1.77. The number of anilines is 1. The number of amides is 1. The molecule has 2 aromatic heterocycles. The number of hydrogen-bond donors (Lipinski definition) is 2. The van der Waals surface area contributed by atoms with Crippen LogP contribution in [0.3, 0.4) is 0 Å². The highest BCUT2D eigenvalue weighted by Crippen LogP contribution is 2.24. The second-order valence-electron chi connectivity index (χ2n) is 5.82. The lowest BCUT2D eigenvalue weighted by atomic mass is 10.2. The molecule has 0 radical (unpaired) electrons. The molecule has 6 heteroatoms. The highest BCUT2D eigenvalue weighted by Gasteiger charge is 2.19. The largest absolute Gasteiger partial charge is 0.444 e. The lowest BCUT2D eigenvalue weighted by molar-refractivity contribution is 0.0635. The third-order valence-corrected chi connectivity index (χ3v) is 2.81. The first-order chi connectivity index (χ1) is 9.76. The van der Waals surface area contributed by atoms with E-state index in [4.69, 9.17) is 4.74 Å². The Morgan fingerprint density at radius 2 is 2.05 bits per heavy atom. The predicted octanol–water partition coefficient (Wildman–Crippen LogP) is 3.44. The van der Waals surface area contributed by atoms with E-state index >= 15 is 0 Å². The lowest BCUT2D eigenvalue weighted by Gasteiger charge is -2.19. The number of aryl methyl sites for hydroxylation is 2. The maximum atomic E-state index is 11.9. The van der Waals surface area contributed by atoms with Gasteiger partial charge in [0, 0.05) is 11.9 Å². The summed E-state index contributed by atoms with van der Waals surface area (Å²) in [6, 6.07) is 3.64. The zero-order valence-electron chi connectivity index (χ0n) is 12.9. The van der Waals surface area contributed by atoms with Crippen LogP contribution in [-0.2, 0) is 4.74 Å². The summed E-state index contributed by atoms with van der Waals surface area (Å²) in [4.78, 5) is 23.7. The number of carbonyl (C=O) groups excluding carboxylic acids is 1. The topological polar surface area (TPSA) is 79.9 Å². The molecule has 1 amide bonds. The van der Waals surface area contributed by atoms with E-state index in [2.05, 4.69) is 20.3 Å². The van der Waals surface area contributed by atoms with E-state index in [-0.39, 0.29) is 0 Å². The minimum Gasteiger partial charge on any atom is -0.444 e. The fraction of sp³-hybridized carbons (Fsp3) is 0.400. The zero-order valence-corrected chi connectivity index (χ0v) is 12.9. The molecule has 0 unspecified atom stereocenters. The molecule has 0 fully saturated rings. The molecule has 0 saturated carbocycles. The Kier molecular flexibility index (Phi) is 3.97. The van der Waals surface area contributed by atoms with Gasteiger partial charge in [-0.15, -0.1) is 0 Å². The smallest absolute Gasteiger partial charge is 0.413 e. The molecule has 2 N–H and O–H groups in total. The van der Waals surface area contributed by atoms with Gasteiger partial charge in [-0.2, -0.15) is 0 Å². The zero-order chi connectivity index (χ0) is 15.6. The second-order valence-corrected chi connectivity index (χ2v) is 5.82. The molecular formula is C15H20N4O2. The van der Waals surface area contributed by atoms with Crippen molar-refractivity contribution in [2.75, 3.05) is 5.32 Å².